The monoisotopic (exact) mass is 320 g/mol. The molecule has 1 heterocycles. The van der Waals surface area contributed by atoms with E-state index in [1.165, 1.54) is 0 Å². The van der Waals surface area contributed by atoms with Crippen LogP contribution in [0.3, 0.4) is 0 Å². The normalized spacial score (nSPS) is 10.7. The fourth-order valence-corrected chi connectivity index (χ4v) is 2.35. The summed E-state index contributed by atoms with van der Waals surface area (Å²) in [6.07, 6.45) is 0. The zero-order chi connectivity index (χ0) is 16.1. The standard InChI is InChI=1S/C16H21ClN4O/c1-4-19-16(22)13-7-5-12(6-8-13)9-18-10-14-15(17)11(2)21(3)20-14/h5-8,18H,4,9-10H2,1-3H3,(H,19,22). The van der Waals surface area contributed by atoms with Gasteiger partial charge in [0.2, 0.25) is 0 Å². The van der Waals surface area contributed by atoms with E-state index >= 15 is 0 Å². The van der Waals surface area contributed by atoms with Gasteiger partial charge < -0.3 is 10.6 Å². The van der Waals surface area contributed by atoms with Crippen molar-refractivity contribution in [1.29, 1.82) is 0 Å². The molecule has 1 aromatic carbocycles. The van der Waals surface area contributed by atoms with Crippen LogP contribution in [-0.4, -0.2) is 22.2 Å². The summed E-state index contributed by atoms with van der Waals surface area (Å²) in [6.45, 7) is 5.78. The molecular formula is C16H21ClN4O. The zero-order valence-electron chi connectivity index (χ0n) is 13.1. The van der Waals surface area contributed by atoms with Crippen LogP contribution in [0.4, 0.5) is 0 Å². The fourth-order valence-electron chi connectivity index (χ4n) is 2.13. The number of aryl methyl sites for hydroxylation is 1. The quantitative estimate of drug-likeness (QED) is 0.859. The lowest BCUT2D eigenvalue weighted by Crippen LogP contribution is -2.22. The number of benzene rings is 1. The Balaban J connectivity index is 1.89. The largest absolute Gasteiger partial charge is 0.352 e. The second-order valence-electron chi connectivity index (χ2n) is 5.13. The maximum atomic E-state index is 11.7. The molecule has 2 aromatic rings. The number of aromatic nitrogens is 2. The van der Waals surface area contributed by atoms with Crippen molar-refractivity contribution in [2.75, 3.05) is 6.54 Å². The van der Waals surface area contributed by atoms with Crippen molar-refractivity contribution < 1.29 is 4.79 Å². The molecule has 1 aromatic heterocycles. The van der Waals surface area contributed by atoms with E-state index in [-0.39, 0.29) is 5.91 Å². The molecule has 6 heteroatoms. The van der Waals surface area contributed by atoms with Crippen LogP contribution in [0.25, 0.3) is 0 Å². The van der Waals surface area contributed by atoms with Gasteiger partial charge in [0, 0.05) is 32.2 Å². The minimum atomic E-state index is -0.0437. The number of hydrogen-bond acceptors (Lipinski definition) is 3. The molecule has 0 fully saturated rings. The SMILES string of the molecule is CCNC(=O)c1ccc(CNCc2nn(C)c(C)c2Cl)cc1. The van der Waals surface area contributed by atoms with E-state index in [1.807, 2.05) is 45.2 Å². The van der Waals surface area contributed by atoms with E-state index in [0.717, 1.165) is 17.0 Å². The summed E-state index contributed by atoms with van der Waals surface area (Å²) in [5.74, 6) is -0.0437. The third kappa shape index (κ3) is 3.87. The molecule has 2 N–H and O–H groups in total. The number of nitrogens with zero attached hydrogens (tertiary/aromatic N) is 2. The highest BCUT2D eigenvalue weighted by atomic mass is 35.5. The van der Waals surface area contributed by atoms with Gasteiger partial charge >= 0.3 is 0 Å². The van der Waals surface area contributed by atoms with E-state index in [0.29, 0.717) is 30.2 Å². The number of carbonyl (C=O) groups excluding carboxylic acids is 1. The molecule has 0 saturated heterocycles. The highest BCUT2D eigenvalue weighted by Gasteiger charge is 2.10. The molecule has 0 unspecified atom stereocenters. The summed E-state index contributed by atoms with van der Waals surface area (Å²) in [5.41, 5.74) is 3.59. The van der Waals surface area contributed by atoms with Crippen molar-refractivity contribution in [3.8, 4) is 0 Å². The summed E-state index contributed by atoms with van der Waals surface area (Å²) < 4.78 is 1.78. The molecule has 0 atom stereocenters. The second-order valence-corrected chi connectivity index (χ2v) is 5.51. The van der Waals surface area contributed by atoms with Crippen molar-refractivity contribution in [1.82, 2.24) is 20.4 Å². The summed E-state index contributed by atoms with van der Waals surface area (Å²) in [4.78, 5) is 11.7. The molecule has 0 spiro atoms. The Morgan fingerprint density at radius 3 is 2.50 bits per heavy atom. The van der Waals surface area contributed by atoms with Crippen LogP contribution >= 0.6 is 11.6 Å². The number of nitrogens with one attached hydrogen (secondary N) is 2. The second kappa shape index (κ2) is 7.42. The van der Waals surface area contributed by atoms with Gasteiger partial charge in [-0.15, -0.1) is 0 Å². The van der Waals surface area contributed by atoms with Gasteiger partial charge in [-0.05, 0) is 31.5 Å². The molecule has 1 amide bonds. The van der Waals surface area contributed by atoms with E-state index in [1.54, 1.807) is 4.68 Å². The molecule has 0 aliphatic heterocycles. The first-order valence-corrected chi connectivity index (χ1v) is 7.66. The predicted molar refractivity (Wildman–Crippen MR) is 87.9 cm³/mol. The van der Waals surface area contributed by atoms with Gasteiger partial charge in [-0.1, -0.05) is 23.7 Å². The van der Waals surface area contributed by atoms with Crippen molar-refractivity contribution in [3.63, 3.8) is 0 Å². The van der Waals surface area contributed by atoms with Crippen LogP contribution < -0.4 is 10.6 Å². The van der Waals surface area contributed by atoms with Gasteiger partial charge in [-0.2, -0.15) is 5.10 Å². The van der Waals surface area contributed by atoms with Gasteiger partial charge in [-0.3, -0.25) is 9.48 Å². The minimum Gasteiger partial charge on any atom is -0.352 e. The Morgan fingerprint density at radius 2 is 1.95 bits per heavy atom. The number of amides is 1. The predicted octanol–water partition coefficient (Wildman–Crippen LogP) is 2.42. The Kier molecular flexibility index (Phi) is 5.57. The Labute approximate surface area is 135 Å². The minimum absolute atomic E-state index is 0.0437. The lowest BCUT2D eigenvalue weighted by molar-refractivity contribution is 0.0956. The van der Waals surface area contributed by atoms with Crippen molar-refractivity contribution in [2.24, 2.45) is 7.05 Å². The molecular weight excluding hydrogens is 300 g/mol. The van der Waals surface area contributed by atoms with E-state index in [9.17, 15) is 4.79 Å². The maximum Gasteiger partial charge on any atom is 0.251 e. The lowest BCUT2D eigenvalue weighted by atomic mass is 10.1. The van der Waals surface area contributed by atoms with Crippen LogP contribution in [0, 0.1) is 6.92 Å². The maximum absolute atomic E-state index is 11.7. The molecule has 0 radical (unpaired) electrons. The fraction of sp³-hybridized carbons (Fsp3) is 0.375. The molecule has 0 aliphatic carbocycles. The van der Waals surface area contributed by atoms with Crippen LogP contribution in [0.15, 0.2) is 24.3 Å². The topological polar surface area (TPSA) is 59.0 Å². The molecule has 0 saturated carbocycles. The molecule has 5 nitrogen and oxygen atoms in total. The first kappa shape index (κ1) is 16.5. The Hall–Kier alpha value is -1.85. The number of carbonyl (C=O) groups is 1. The summed E-state index contributed by atoms with van der Waals surface area (Å²) >= 11 is 6.21. The van der Waals surface area contributed by atoms with Gasteiger partial charge in [0.1, 0.15) is 0 Å². The van der Waals surface area contributed by atoms with Crippen molar-refractivity contribution in [2.45, 2.75) is 26.9 Å². The molecule has 0 bridgehead atoms. The van der Waals surface area contributed by atoms with Crippen LogP contribution in [0.1, 0.15) is 34.2 Å². The van der Waals surface area contributed by atoms with Crippen LogP contribution in [0.5, 0.6) is 0 Å². The lowest BCUT2D eigenvalue weighted by Gasteiger charge is -2.06. The third-order valence-corrected chi connectivity index (χ3v) is 3.99. The van der Waals surface area contributed by atoms with E-state index < -0.39 is 0 Å². The zero-order valence-corrected chi connectivity index (χ0v) is 13.9. The van der Waals surface area contributed by atoms with E-state index in [2.05, 4.69) is 15.7 Å². The van der Waals surface area contributed by atoms with E-state index in [4.69, 9.17) is 11.6 Å². The Bertz CT molecular complexity index is 649. The summed E-state index contributed by atoms with van der Waals surface area (Å²) in [7, 11) is 1.88. The molecule has 0 aliphatic rings. The third-order valence-electron chi connectivity index (χ3n) is 3.50. The Morgan fingerprint density at radius 1 is 1.27 bits per heavy atom. The average molecular weight is 321 g/mol. The average Bonchev–Trinajstić information content (AvgIpc) is 2.75. The number of rotatable bonds is 6. The first-order valence-electron chi connectivity index (χ1n) is 7.28. The van der Waals surface area contributed by atoms with Crippen LogP contribution in [0.2, 0.25) is 5.02 Å². The first-order chi connectivity index (χ1) is 10.5. The summed E-state index contributed by atoms with van der Waals surface area (Å²) in [6, 6.07) is 7.56. The van der Waals surface area contributed by atoms with Gasteiger partial charge in [0.15, 0.2) is 0 Å². The highest BCUT2D eigenvalue weighted by molar-refractivity contribution is 6.31. The smallest absolute Gasteiger partial charge is 0.251 e. The number of halogens is 1. The van der Waals surface area contributed by atoms with Gasteiger partial charge in [0.25, 0.3) is 5.91 Å². The van der Waals surface area contributed by atoms with Gasteiger partial charge in [0.05, 0.1) is 16.4 Å². The van der Waals surface area contributed by atoms with Gasteiger partial charge in [-0.25, -0.2) is 0 Å². The number of hydrogen-bond donors (Lipinski definition) is 2. The molecule has 118 valence electrons. The highest BCUT2D eigenvalue weighted by Crippen LogP contribution is 2.18. The van der Waals surface area contributed by atoms with Crippen molar-refractivity contribution >= 4 is 17.5 Å². The molecule has 22 heavy (non-hydrogen) atoms. The molecule has 2 rings (SSSR count). The summed E-state index contributed by atoms with van der Waals surface area (Å²) in [5, 5.41) is 11.2. The van der Waals surface area contributed by atoms with Crippen molar-refractivity contribution in [3.05, 3.63) is 51.8 Å². The van der Waals surface area contributed by atoms with Crippen LogP contribution in [-0.2, 0) is 20.1 Å².